The van der Waals surface area contributed by atoms with E-state index in [-0.39, 0.29) is 0 Å². The lowest BCUT2D eigenvalue weighted by Gasteiger charge is -2.37. The normalized spacial score (nSPS) is 20.6. The molecule has 3 rings (SSSR count). The average molecular weight is 281 g/mol. The van der Waals surface area contributed by atoms with E-state index in [1.165, 1.54) is 5.56 Å². The number of carboxylic acid groups (broad SMARTS) is 1. The zero-order valence-corrected chi connectivity index (χ0v) is 12.0. The van der Waals surface area contributed by atoms with Crippen LogP contribution >= 0.6 is 0 Å². The van der Waals surface area contributed by atoms with Crippen LogP contribution in [0.1, 0.15) is 40.2 Å². The van der Waals surface area contributed by atoms with Crippen molar-refractivity contribution in [3.63, 3.8) is 0 Å². The second kappa shape index (κ2) is 5.60. The molecule has 1 fully saturated rings. The minimum Gasteiger partial charge on any atom is -0.478 e. The van der Waals surface area contributed by atoms with E-state index in [9.17, 15) is 4.79 Å². The summed E-state index contributed by atoms with van der Waals surface area (Å²) in [5.74, 6) is -0.263. The third kappa shape index (κ3) is 2.92. The summed E-state index contributed by atoms with van der Waals surface area (Å²) in [6, 6.07) is 16.2. The van der Waals surface area contributed by atoms with Crippen LogP contribution in [-0.2, 0) is 0 Å². The first-order valence-electron chi connectivity index (χ1n) is 7.29. The Labute approximate surface area is 124 Å². The number of hydrogen-bond donors (Lipinski definition) is 2. The highest BCUT2D eigenvalue weighted by molar-refractivity contribution is 5.89. The van der Waals surface area contributed by atoms with Crippen molar-refractivity contribution < 1.29 is 9.90 Å². The molecule has 1 aliphatic rings. The second-order valence-electron chi connectivity index (χ2n) is 5.76. The Kier molecular flexibility index (Phi) is 3.65. The number of hydrogen-bond acceptors (Lipinski definition) is 2. The van der Waals surface area contributed by atoms with Crippen molar-refractivity contribution in [1.82, 2.24) is 0 Å². The highest BCUT2D eigenvalue weighted by Gasteiger charge is 2.30. The van der Waals surface area contributed by atoms with Gasteiger partial charge in [0.2, 0.25) is 0 Å². The number of benzene rings is 2. The standard InChI is InChI=1S/C18H19NO2/c1-12-7-8-14(18(20)21)11-17(12)19-16-9-15(10-16)13-5-3-2-4-6-13/h2-8,11,15-16,19H,9-10H2,1H3,(H,20,21). The minimum absolute atomic E-state index is 0.335. The highest BCUT2D eigenvalue weighted by atomic mass is 16.4. The number of aryl methyl sites for hydroxylation is 1. The Morgan fingerprint density at radius 1 is 1.14 bits per heavy atom. The smallest absolute Gasteiger partial charge is 0.335 e. The van der Waals surface area contributed by atoms with E-state index in [2.05, 4.69) is 29.6 Å². The van der Waals surface area contributed by atoms with E-state index in [1.807, 2.05) is 19.1 Å². The molecule has 0 atom stereocenters. The largest absolute Gasteiger partial charge is 0.478 e. The van der Waals surface area contributed by atoms with Gasteiger partial charge in [-0.2, -0.15) is 0 Å². The van der Waals surface area contributed by atoms with Crippen molar-refractivity contribution in [3.8, 4) is 0 Å². The van der Waals surface area contributed by atoms with Gasteiger partial charge in [0.15, 0.2) is 0 Å². The number of anilines is 1. The summed E-state index contributed by atoms with van der Waals surface area (Å²) in [7, 11) is 0. The van der Waals surface area contributed by atoms with Crippen molar-refractivity contribution in [2.75, 3.05) is 5.32 Å². The summed E-state index contributed by atoms with van der Waals surface area (Å²) in [6.07, 6.45) is 2.20. The maximum absolute atomic E-state index is 11.0. The molecule has 0 unspecified atom stereocenters. The molecule has 1 aliphatic carbocycles. The molecule has 0 radical (unpaired) electrons. The van der Waals surface area contributed by atoms with Crippen LogP contribution in [-0.4, -0.2) is 17.1 Å². The van der Waals surface area contributed by atoms with E-state index < -0.39 is 5.97 Å². The monoisotopic (exact) mass is 281 g/mol. The molecular formula is C18H19NO2. The predicted molar refractivity (Wildman–Crippen MR) is 84.0 cm³/mol. The molecular weight excluding hydrogens is 262 g/mol. The Morgan fingerprint density at radius 2 is 1.86 bits per heavy atom. The lowest BCUT2D eigenvalue weighted by atomic mass is 9.76. The average Bonchev–Trinajstić information content (AvgIpc) is 2.44. The van der Waals surface area contributed by atoms with Crippen molar-refractivity contribution in [1.29, 1.82) is 0 Å². The van der Waals surface area contributed by atoms with Gasteiger partial charge in [-0.1, -0.05) is 36.4 Å². The molecule has 1 saturated carbocycles. The van der Waals surface area contributed by atoms with E-state index in [0.717, 1.165) is 24.1 Å². The van der Waals surface area contributed by atoms with Crippen molar-refractivity contribution in [2.45, 2.75) is 31.7 Å². The molecule has 108 valence electrons. The van der Waals surface area contributed by atoms with E-state index >= 15 is 0 Å². The number of carboxylic acids is 1. The Balaban J connectivity index is 1.64. The van der Waals surface area contributed by atoms with Gasteiger partial charge in [0.05, 0.1) is 5.56 Å². The summed E-state index contributed by atoms with van der Waals surface area (Å²) in [6.45, 7) is 2.00. The van der Waals surface area contributed by atoms with Crippen molar-refractivity contribution >= 4 is 11.7 Å². The molecule has 2 N–H and O–H groups in total. The lowest BCUT2D eigenvalue weighted by Crippen LogP contribution is -2.34. The quantitative estimate of drug-likeness (QED) is 0.888. The topological polar surface area (TPSA) is 49.3 Å². The maximum Gasteiger partial charge on any atom is 0.335 e. The third-order valence-electron chi connectivity index (χ3n) is 4.25. The summed E-state index contributed by atoms with van der Waals surface area (Å²) in [5.41, 5.74) is 3.75. The van der Waals surface area contributed by atoms with Crippen LogP contribution in [0.5, 0.6) is 0 Å². The molecule has 0 aromatic heterocycles. The van der Waals surface area contributed by atoms with Crippen LogP contribution in [0.25, 0.3) is 0 Å². The molecule has 0 saturated heterocycles. The fraction of sp³-hybridized carbons (Fsp3) is 0.278. The molecule has 0 aliphatic heterocycles. The predicted octanol–water partition coefficient (Wildman–Crippen LogP) is 4.05. The van der Waals surface area contributed by atoms with Crippen LogP contribution in [0.2, 0.25) is 0 Å². The molecule has 3 nitrogen and oxygen atoms in total. The molecule has 2 aromatic rings. The first kappa shape index (κ1) is 13.7. The summed E-state index contributed by atoms with van der Waals surface area (Å²) in [5, 5.41) is 12.5. The molecule has 3 heteroatoms. The van der Waals surface area contributed by atoms with Gasteiger partial charge in [0.1, 0.15) is 0 Å². The first-order valence-corrected chi connectivity index (χ1v) is 7.29. The van der Waals surface area contributed by atoms with Gasteiger partial charge in [0, 0.05) is 11.7 Å². The lowest BCUT2D eigenvalue weighted by molar-refractivity contribution is 0.0697. The number of nitrogens with one attached hydrogen (secondary N) is 1. The van der Waals surface area contributed by atoms with Crippen LogP contribution in [0.4, 0.5) is 5.69 Å². The second-order valence-corrected chi connectivity index (χ2v) is 5.76. The van der Waals surface area contributed by atoms with Gasteiger partial charge in [-0.3, -0.25) is 0 Å². The molecule has 0 spiro atoms. The summed E-state index contributed by atoms with van der Waals surface area (Å²) >= 11 is 0. The fourth-order valence-corrected chi connectivity index (χ4v) is 2.86. The van der Waals surface area contributed by atoms with Gasteiger partial charge < -0.3 is 10.4 Å². The Morgan fingerprint density at radius 3 is 2.52 bits per heavy atom. The van der Waals surface area contributed by atoms with E-state index in [0.29, 0.717) is 17.5 Å². The SMILES string of the molecule is Cc1ccc(C(=O)O)cc1NC1CC(c2ccccc2)C1. The fourth-order valence-electron chi connectivity index (χ4n) is 2.86. The number of rotatable bonds is 4. The molecule has 0 amide bonds. The maximum atomic E-state index is 11.0. The van der Waals surface area contributed by atoms with Crippen molar-refractivity contribution in [3.05, 3.63) is 65.2 Å². The van der Waals surface area contributed by atoms with Crippen LogP contribution in [0.3, 0.4) is 0 Å². The minimum atomic E-state index is -0.881. The molecule has 2 aromatic carbocycles. The molecule has 21 heavy (non-hydrogen) atoms. The van der Waals surface area contributed by atoms with Crippen molar-refractivity contribution in [2.24, 2.45) is 0 Å². The van der Waals surface area contributed by atoms with Gasteiger partial charge in [-0.05, 0) is 48.9 Å². The highest BCUT2D eigenvalue weighted by Crippen LogP contribution is 2.38. The number of aromatic carboxylic acids is 1. The van der Waals surface area contributed by atoms with E-state index in [1.54, 1.807) is 12.1 Å². The Bertz CT molecular complexity index is 646. The zero-order chi connectivity index (χ0) is 14.8. The third-order valence-corrected chi connectivity index (χ3v) is 4.25. The van der Waals surface area contributed by atoms with Crippen LogP contribution in [0.15, 0.2) is 48.5 Å². The van der Waals surface area contributed by atoms with Crippen LogP contribution in [0, 0.1) is 6.92 Å². The summed E-state index contributed by atoms with van der Waals surface area (Å²) < 4.78 is 0. The Hall–Kier alpha value is -2.29. The van der Waals surface area contributed by atoms with Gasteiger partial charge in [-0.25, -0.2) is 4.79 Å². The van der Waals surface area contributed by atoms with E-state index in [4.69, 9.17) is 5.11 Å². The van der Waals surface area contributed by atoms with Gasteiger partial charge >= 0.3 is 5.97 Å². The molecule has 0 bridgehead atoms. The number of carbonyl (C=O) groups is 1. The zero-order valence-electron chi connectivity index (χ0n) is 12.0. The van der Waals surface area contributed by atoms with Crippen LogP contribution < -0.4 is 5.32 Å². The molecule has 0 heterocycles. The summed E-state index contributed by atoms with van der Waals surface area (Å²) in [4.78, 5) is 11.0. The first-order chi connectivity index (χ1) is 10.1. The van der Waals surface area contributed by atoms with Gasteiger partial charge in [-0.15, -0.1) is 0 Å². The van der Waals surface area contributed by atoms with Gasteiger partial charge in [0.25, 0.3) is 0 Å².